The van der Waals surface area contributed by atoms with Gasteiger partial charge in [0.05, 0.1) is 42.5 Å². The molecule has 41 heavy (non-hydrogen) atoms. The Labute approximate surface area is 248 Å². The number of methoxy groups -OCH3 is 1. The summed E-state index contributed by atoms with van der Waals surface area (Å²) in [7, 11) is 1.40. The van der Waals surface area contributed by atoms with E-state index >= 15 is 0 Å². The van der Waals surface area contributed by atoms with Crippen LogP contribution in [0.3, 0.4) is 0 Å². The molecule has 1 aliphatic rings. The molecule has 1 saturated carbocycles. The van der Waals surface area contributed by atoms with Crippen molar-refractivity contribution in [3.8, 4) is 5.88 Å². The Bertz CT molecular complexity index is 1250. The second-order valence-electron chi connectivity index (χ2n) is 11.6. The van der Waals surface area contributed by atoms with Gasteiger partial charge in [-0.3, -0.25) is 14.3 Å². The summed E-state index contributed by atoms with van der Waals surface area (Å²) >= 11 is 12.7. The van der Waals surface area contributed by atoms with Crippen LogP contribution >= 0.6 is 23.2 Å². The van der Waals surface area contributed by atoms with Crippen molar-refractivity contribution < 1.29 is 32.2 Å². The van der Waals surface area contributed by atoms with Gasteiger partial charge in [0.1, 0.15) is 5.02 Å². The molecule has 1 aliphatic carbocycles. The van der Waals surface area contributed by atoms with Gasteiger partial charge in [-0.25, -0.2) is 4.98 Å². The molecular formula is C28H37Cl2F3N4O4. The molecule has 0 saturated heterocycles. The predicted molar refractivity (Wildman–Crippen MR) is 149 cm³/mol. The summed E-state index contributed by atoms with van der Waals surface area (Å²) in [4.78, 5) is 31.5. The van der Waals surface area contributed by atoms with E-state index in [-0.39, 0.29) is 59.8 Å². The molecule has 0 aliphatic heterocycles. The lowest BCUT2D eigenvalue weighted by atomic mass is 9.78. The van der Waals surface area contributed by atoms with Crippen LogP contribution in [0.1, 0.15) is 81.5 Å². The second kappa shape index (κ2) is 13.2. The number of alkyl halides is 3. The summed E-state index contributed by atoms with van der Waals surface area (Å²) in [6, 6.07) is -0.619. The third-order valence-electron chi connectivity index (χ3n) is 7.18. The first-order valence-corrected chi connectivity index (χ1v) is 14.3. The van der Waals surface area contributed by atoms with Crippen molar-refractivity contribution in [1.29, 1.82) is 0 Å². The van der Waals surface area contributed by atoms with Crippen LogP contribution < -0.4 is 4.74 Å². The van der Waals surface area contributed by atoms with Crippen molar-refractivity contribution in [2.75, 3.05) is 26.8 Å². The number of carbonyl (C=O) groups excluding carboxylic acids is 2. The van der Waals surface area contributed by atoms with E-state index < -0.39 is 34.8 Å². The van der Waals surface area contributed by atoms with E-state index in [9.17, 15) is 22.8 Å². The molecule has 2 aromatic rings. The number of amides is 1. The van der Waals surface area contributed by atoms with Crippen LogP contribution in [-0.4, -0.2) is 58.3 Å². The monoisotopic (exact) mass is 620 g/mol. The molecule has 2 heterocycles. The van der Waals surface area contributed by atoms with Crippen molar-refractivity contribution in [2.45, 2.75) is 72.5 Å². The molecule has 2 aromatic heterocycles. The Morgan fingerprint density at radius 3 is 2.41 bits per heavy atom. The van der Waals surface area contributed by atoms with Gasteiger partial charge in [-0.15, -0.1) is 0 Å². The van der Waals surface area contributed by atoms with E-state index in [2.05, 4.69) is 10.1 Å². The Kier molecular flexibility index (Phi) is 10.6. The van der Waals surface area contributed by atoms with Crippen LogP contribution in [0.5, 0.6) is 5.88 Å². The summed E-state index contributed by atoms with van der Waals surface area (Å²) in [6.45, 7) is 9.67. The number of hydrogen-bond donors (Lipinski definition) is 0. The van der Waals surface area contributed by atoms with Gasteiger partial charge in [0.15, 0.2) is 5.69 Å². The van der Waals surface area contributed by atoms with Crippen LogP contribution in [-0.2, 0) is 22.1 Å². The van der Waals surface area contributed by atoms with Gasteiger partial charge in [0.2, 0.25) is 5.88 Å². The lowest BCUT2D eigenvalue weighted by Gasteiger charge is -2.34. The standard InChI is InChI=1S/C28H37Cl2F3N4O4/c1-7-41-26(39)18-9-8-17(12-16(18)2)37-23(28(31,32)33)20(13-35-37)25(38)36(15-27(3,4)5)11-10-19-21(29)14-34-24(40-6)22(19)30/h13-14,16-18H,7-12,15H2,1-6H3. The minimum Gasteiger partial charge on any atom is -0.480 e. The molecule has 0 aromatic carbocycles. The van der Waals surface area contributed by atoms with E-state index in [4.69, 9.17) is 32.7 Å². The van der Waals surface area contributed by atoms with Gasteiger partial charge in [0.25, 0.3) is 5.91 Å². The van der Waals surface area contributed by atoms with Crippen molar-refractivity contribution in [3.05, 3.63) is 39.3 Å². The van der Waals surface area contributed by atoms with Gasteiger partial charge >= 0.3 is 12.1 Å². The third-order valence-corrected chi connectivity index (χ3v) is 7.90. The largest absolute Gasteiger partial charge is 0.480 e. The maximum Gasteiger partial charge on any atom is 0.433 e. The average molecular weight is 622 g/mol. The number of aromatic nitrogens is 3. The summed E-state index contributed by atoms with van der Waals surface area (Å²) in [5.41, 5.74) is -1.55. The van der Waals surface area contributed by atoms with E-state index in [0.717, 1.165) is 10.9 Å². The highest BCUT2D eigenvalue weighted by atomic mass is 35.5. The number of rotatable bonds is 9. The zero-order valence-corrected chi connectivity index (χ0v) is 25.7. The van der Waals surface area contributed by atoms with Crippen molar-refractivity contribution >= 4 is 35.1 Å². The molecule has 228 valence electrons. The second-order valence-corrected chi connectivity index (χ2v) is 12.4. The van der Waals surface area contributed by atoms with Crippen LogP contribution in [0.25, 0.3) is 0 Å². The van der Waals surface area contributed by atoms with Crippen molar-refractivity contribution in [1.82, 2.24) is 19.7 Å². The van der Waals surface area contributed by atoms with Crippen molar-refractivity contribution in [3.63, 3.8) is 0 Å². The van der Waals surface area contributed by atoms with Crippen LogP contribution in [0, 0.1) is 17.3 Å². The number of pyridine rings is 1. The minimum atomic E-state index is -4.83. The van der Waals surface area contributed by atoms with Gasteiger partial charge in [0, 0.05) is 19.3 Å². The summed E-state index contributed by atoms with van der Waals surface area (Å²) < 4.78 is 54.8. The molecule has 3 rings (SSSR count). The van der Waals surface area contributed by atoms with E-state index in [1.165, 1.54) is 18.2 Å². The first-order valence-electron chi connectivity index (χ1n) is 13.6. The van der Waals surface area contributed by atoms with Gasteiger partial charge in [-0.1, -0.05) is 50.9 Å². The maximum absolute atomic E-state index is 14.5. The van der Waals surface area contributed by atoms with Gasteiger partial charge < -0.3 is 14.4 Å². The summed E-state index contributed by atoms with van der Waals surface area (Å²) in [5.74, 6) is -1.56. The fraction of sp³-hybridized carbons (Fsp3) is 0.643. The Morgan fingerprint density at radius 1 is 1.17 bits per heavy atom. The SMILES string of the molecule is CCOC(=O)C1CCC(n2ncc(C(=O)N(CCc3c(Cl)cnc(OC)c3Cl)CC(C)(C)C)c2C(F)(F)F)CC1C. The number of hydrogen-bond acceptors (Lipinski definition) is 6. The Morgan fingerprint density at radius 2 is 1.85 bits per heavy atom. The normalized spacial score (nSPS) is 19.6. The van der Waals surface area contributed by atoms with E-state index in [1.54, 1.807) is 6.92 Å². The zero-order chi connectivity index (χ0) is 30.7. The molecule has 8 nitrogen and oxygen atoms in total. The first kappa shape index (κ1) is 33.0. The van der Waals surface area contributed by atoms with Gasteiger partial charge in [-0.2, -0.15) is 18.3 Å². The molecule has 1 amide bonds. The molecule has 0 spiro atoms. The molecule has 0 radical (unpaired) electrons. The van der Waals surface area contributed by atoms with E-state index in [0.29, 0.717) is 24.8 Å². The maximum atomic E-state index is 14.5. The molecule has 0 bridgehead atoms. The number of ether oxygens (including phenoxy) is 2. The zero-order valence-electron chi connectivity index (χ0n) is 24.1. The first-order chi connectivity index (χ1) is 19.1. The highest BCUT2D eigenvalue weighted by molar-refractivity contribution is 6.36. The molecule has 0 N–H and O–H groups in total. The fourth-order valence-corrected chi connectivity index (χ4v) is 5.97. The number of halogens is 5. The van der Waals surface area contributed by atoms with Crippen molar-refractivity contribution in [2.24, 2.45) is 17.3 Å². The Balaban J connectivity index is 1.93. The minimum absolute atomic E-state index is 0.0485. The topological polar surface area (TPSA) is 86.6 Å². The highest BCUT2D eigenvalue weighted by Gasteiger charge is 2.44. The molecular weight excluding hydrogens is 584 g/mol. The van der Waals surface area contributed by atoms with Crippen LogP contribution in [0.15, 0.2) is 12.4 Å². The number of carbonyl (C=O) groups is 2. The fourth-order valence-electron chi connectivity index (χ4n) is 5.36. The predicted octanol–water partition coefficient (Wildman–Crippen LogP) is 6.88. The molecule has 13 heteroatoms. The van der Waals surface area contributed by atoms with Crippen LogP contribution in [0.4, 0.5) is 13.2 Å². The third kappa shape index (κ3) is 7.85. The summed E-state index contributed by atoms with van der Waals surface area (Å²) in [6.07, 6.45) is -1.31. The quantitative estimate of drug-likeness (QED) is 0.284. The smallest absolute Gasteiger partial charge is 0.433 e. The Hall–Kier alpha value is -2.53. The van der Waals surface area contributed by atoms with E-state index in [1.807, 2.05) is 27.7 Å². The van der Waals surface area contributed by atoms with Crippen LogP contribution in [0.2, 0.25) is 10.0 Å². The highest BCUT2D eigenvalue weighted by Crippen LogP contribution is 2.41. The number of esters is 1. The molecule has 1 fully saturated rings. The lowest BCUT2D eigenvalue weighted by molar-refractivity contribution is -0.153. The molecule has 3 atom stereocenters. The summed E-state index contributed by atoms with van der Waals surface area (Å²) in [5, 5.41) is 4.52. The average Bonchev–Trinajstić information content (AvgIpc) is 3.33. The van der Waals surface area contributed by atoms with Gasteiger partial charge in [-0.05, 0) is 49.5 Å². The number of nitrogens with zero attached hydrogens (tertiary/aromatic N) is 4. The lowest BCUT2D eigenvalue weighted by Crippen LogP contribution is -2.40. The molecule has 3 unspecified atom stereocenters.